The third-order valence-electron chi connectivity index (χ3n) is 2.73. The molecular formula is C13H15N3. The Morgan fingerprint density at radius 1 is 1.12 bits per heavy atom. The SMILES string of the molecule is CNC(C)c1ccccc1-c1cncnc1. The third-order valence-corrected chi connectivity index (χ3v) is 2.73. The number of nitrogens with one attached hydrogen (secondary N) is 1. The molecule has 0 aliphatic heterocycles. The van der Waals surface area contributed by atoms with Crippen molar-refractivity contribution in [3.63, 3.8) is 0 Å². The fraction of sp³-hybridized carbons (Fsp3) is 0.231. The van der Waals surface area contributed by atoms with Crippen LogP contribution in [0, 0.1) is 0 Å². The summed E-state index contributed by atoms with van der Waals surface area (Å²) >= 11 is 0. The van der Waals surface area contributed by atoms with Crippen LogP contribution >= 0.6 is 0 Å². The van der Waals surface area contributed by atoms with Crippen molar-refractivity contribution in [3.05, 3.63) is 48.5 Å². The Balaban J connectivity index is 2.49. The maximum absolute atomic E-state index is 4.06. The Labute approximate surface area is 95.6 Å². The standard InChI is InChI=1S/C13H15N3/c1-10(14-2)12-5-3-4-6-13(12)11-7-15-9-16-8-11/h3-10,14H,1-2H3. The molecule has 1 aromatic carbocycles. The highest BCUT2D eigenvalue weighted by molar-refractivity contribution is 5.66. The quantitative estimate of drug-likeness (QED) is 0.850. The lowest BCUT2D eigenvalue weighted by Gasteiger charge is -2.15. The molecule has 82 valence electrons. The van der Waals surface area contributed by atoms with Crippen molar-refractivity contribution in [3.8, 4) is 11.1 Å². The molecule has 0 saturated heterocycles. The van der Waals surface area contributed by atoms with E-state index < -0.39 is 0 Å². The Morgan fingerprint density at radius 2 is 1.81 bits per heavy atom. The molecule has 0 radical (unpaired) electrons. The first-order chi connectivity index (χ1) is 7.83. The largest absolute Gasteiger partial charge is 0.313 e. The first kappa shape index (κ1) is 10.8. The van der Waals surface area contributed by atoms with E-state index in [1.807, 2.05) is 25.5 Å². The van der Waals surface area contributed by atoms with Gasteiger partial charge in [-0.3, -0.25) is 0 Å². The second-order valence-electron chi connectivity index (χ2n) is 3.72. The minimum Gasteiger partial charge on any atom is -0.313 e. The van der Waals surface area contributed by atoms with Gasteiger partial charge in [-0.1, -0.05) is 24.3 Å². The van der Waals surface area contributed by atoms with Crippen LogP contribution in [-0.2, 0) is 0 Å². The monoisotopic (exact) mass is 213 g/mol. The van der Waals surface area contributed by atoms with Gasteiger partial charge in [0.2, 0.25) is 0 Å². The van der Waals surface area contributed by atoms with Gasteiger partial charge in [-0.15, -0.1) is 0 Å². The van der Waals surface area contributed by atoms with Crippen LogP contribution in [0.5, 0.6) is 0 Å². The smallest absolute Gasteiger partial charge is 0.115 e. The van der Waals surface area contributed by atoms with E-state index in [1.54, 1.807) is 6.33 Å². The van der Waals surface area contributed by atoms with Crippen LogP contribution in [-0.4, -0.2) is 17.0 Å². The van der Waals surface area contributed by atoms with Crippen LogP contribution in [0.25, 0.3) is 11.1 Å². The lowest BCUT2D eigenvalue weighted by Crippen LogP contribution is -2.13. The molecule has 0 spiro atoms. The summed E-state index contributed by atoms with van der Waals surface area (Å²) in [5, 5.41) is 3.25. The fourth-order valence-corrected chi connectivity index (χ4v) is 1.73. The van der Waals surface area contributed by atoms with Crippen molar-refractivity contribution < 1.29 is 0 Å². The first-order valence-corrected chi connectivity index (χ1v) is 5.34. The van der Waals surface area contributed by atoms with Gasteiger partial charge in [0.15, 0.2) is 0 Å². The molecule has 3 nitrogen and oxygen atoms in total. The van der Waals surface area contributed by atoms with Gasteiger partial charge in [0.05, 0.1) is 0 Å². The van der Waals surface area contributed by atoms with Gasteiger partial charge in [-0.25, -0.2) is 9.97 Å². The van der Waals surface area contributed by atoms with Gasteiger partial charge in [0.25, 0.3) is 0 Å². The minimum atomic E-state index is 0.316. The van der Waals surface area contributed by atoms with Gasteiger partial charge in [0.1, 0.15) is 6.33 Å². The van der Waals surface area contributed by atoms with E-state index in [-0.39, 0.29) is 0 Å². The summed E-state index contributed by atoms with van der Waals surface area (Å²) in [4.78, 5) is 8.11. The Kier molecular flexibility index (Phi) is 3.27. The fourth-order valence-electron chi connectivity index (χ4n) is 1.73. The van der Waals surface area contributed by atoms with E-state index in [9.17, 15) is 0 Å². The van der Waals surface area contributed by atoms with E-state index in [1.165, 1.54) is 11.1 Å². The van der Waals surface area contributed by atoms with Crippen LogP contribution in [0.2, 0.25) is 0 Å². The number of aromatic nitrogens is 2. The predicted octanol–water partition coefficient (Wildman–Crippen LogP) is 2.42. The van der Waals surface area contributed by atoms with Crippen LogP contribution in [0.1, 0.15) is 18.5 Å². The molecule has 3 heteroatoms. The highest BCUT2D eigenvalue weighted by Gasteiger charge is 2.09. The summed E-state index contributed by atoms with van der Waals surface area (Å²) in [6.45, 7) is 2.14. The van der Waals surface area contributed by atoms with Gasteiger partial charge < -0.3 is 5.32 Å². The molecule has 1 heterocycles. The molecule has 16 heavy (non-hydrogen) atoms. The van der Waals surface area contributed by atoms with E-state index >= 15 is 0 Å². The van der Waals surface area contributed by atoms with Gasteiger partial charge in [-0.05, 0) is 25.1 Å². The van der Waals surface area contributed by atoms with Crippen molar-refractivity contribution in [1.29, 1.82) is 0 Å². The van der Waals surface area contributed by atoms with Crippen molar-refractivity contribution in [2.45, 2.75) is 13.0 Å². The van der Waals surface area contributed by atoms with Gasteiger partial charge in [0, 0.05) is 24.0 Å². The van der Waals surface area contributed by atoms with Crippen LogP contribution in [0.3, 0.4) is 0 Å². The van der Waals surface area contributed by atoms with E-state index in [0.717, 1.165) is 5.56 Å². The third kappa shape index (κ3) is 2.09. The molecule has 1 aromatic heterocycles. The molecule has 1 atom stereocenters. The zero-order chi connectivity index (χ0) is 11.4. The van der Waals surface area contributed by atoms with E-state index in [4.69, 9.17) is 0 Å². The molecule has 0 fully saturated rings. The van der Waals surface area contributed by atoms with Crippen LogP contribution in [0.4, 0.5) is 0 Å². The number of benzene rings is 1. The predicted molar refractivity (Wildman–Crippen MR) is 64.9 cm³/mol. The molecule has 0 bridgehead atoms. The summed E-state index contributed by atoms with van der Waals surface area (Å²) in [6, 6.07) is 8.63. The lowest BCUT2D eigenvalue weighted by atomic mass is 9.97. The maximum atomic E-state index is 4.06. The second kappa shape index (κ2) is 4.86. The molecule has 0 saturated carbocycles. The number of nitrogens with zero attached hydrogens (tertiary/aromatic N) is 2. The zero-order valence-electron chi connectivity index (χ0n) is 9.51. The molecule has 0 aliphatic carbocycles. The van der Waals surface area contributed by atoms with E-state index in [0.29, 0.717) is 6.04 Å². The molecular weight excluding hydrogens is 198 g/mol. The minimum absolute atomic E-state index is 0.316. The normalized spacial score (nSPS) is 12.4. The highest BCUT2D eigenvalue weighted by atomic mass is 14.9. The Morgan fingerprint density at radius 3 is 2.50 bits per heavy atom. The van der Waals surface area contributed by atoms with Gasteiger partial charge in [-0.2, -0.15) is 0 Å². The molecule has 0 aliphatic rings. The Bertz CT molecular complexity index is 454. The Hall–Kier alpha value is -1.74. The number of hydrogen-bond acceptors (Lipinski definition) is 3. The van der Waals surface area contributed by atoms with Crippen molar-refractivity contribution in [1.82, 2.24) is 15.3 Å². The van der Waals surface area contributed by atoms with Crippen LogP contribution < -0.4 is 5.32 Å². The molecule has 1 N–H and O–H groups in total. The van der Waals surface area contributed by atoms with Gasteiger partial charge >= 0.3 is 0 Å². The topological polar surface area (TPSA) is 37.8 Å². The molecule has 0 amide bonds. The highest BCUT2D eigenvalue weighted by Crippen LogP contribution is 2.26. The average molecular weight is 213 g/mol. The molecule has 2 aromatic rings. The van der Waals surface area contributed by atoms with Crippen LogP contribution in [0.15, 0.2) is 43.0 Å². The summed E-state index contributed by atoms with van der Waals surface area (Å²) in [5.74, 6) is 0. The lowest BCUT2D eigenvalue weighted by molar-refractivity contribution is 0.654. The van der Waals surface area contributed by atoms with Crippen molar-refractivity contribution >= 4 is 0 Å². The van der Waals surface area contributed by atoms with E-state index in [2.05, 4.69) is 40.4 Å². The number of rotatable bonds is 3. The second-order valence-corrected chi connectivity index (χ2v) is 3.72. The molecule has 1 unspecified atom stereocenters. The molecule has 2 rings (SSSR count). The summed E-state index contributed by atoms with van der Waals surface area (Å²) in [5.41, 5.74) is 3.50. The summed E-state index contributed by atoms with van der Waals surface area (Å²) in [6.07, 6.45) is 5.23. The van der Waals surface area contributed by atoms with Crippen molar-refractivity contribution in [2.75, 3.05) is 7.05 Å². The number of hydrogen-bond donors (Lipinski definition) is 1. The zero-order valence-corrected chi connectivity index (χ0v) is 9.51. The van der Waals surface area contributed by atoms with Crippen molar-refractivity contribution in [2.24, 2.45) is 0 Å². The summed E-state index contributed by atoms with van der Waals surface area (Å²) in [7, 11) is 1.96. The first-order valence-electron chi connectivity index (χ1n) is 5.34. The maximum Gasteiger partial charge on any atom is 0.115 e. The summed E-state index contributed by atoms with van der Waals surface area (Å²) < 4.78 is 0. The average Bonchev–Trinajstić information content (AvgIpc) is 2.39.